The second-order valence-electron chi connectivity index (χ2n) is 4.93. The van der Waals surface area contributed by atoms with Crippen molar-refractivity contribution in [2.75, 3.05) is 14.1 Å². The fourth-order valence-electron chi connectivity index (χ4n) is 1.86. The minimum Gasteiger partial charge on any atom is -0.380 e. The summed E-state index contributed by atoms with van der Waals surface area (Å²) >= 11 is 0. The summed E-state index contributed by atoms with van der Waals surface area (Å²) in [5.74, 6) is 0.167. The lowest BCUT2D eigenvalue weighted by Gasteiger charge is -2.31. The molecule has 0 heterocycles. The summed E-state index contributed by atoms with van der Waals surface area (Å²) in [6.45, 7) is 6.12. The van der Waals surface area contributed by atoms with E-state index in [1.165, 1.54) is 4.90 Å². The molecule has 1 atom stereocenters. The van der Waals surface area contributed by atoms with Crippen LogP contribution < -0.4 is 0 Å². The van der Waals surface area contributed by atoms with Gasteiger partial charge in [0.1, 0.15) is 5.60 Å². The van der Waals surface area contributed by atoms with E-state index in [9.17, 15) is 9.90 Å². The number of rotatable bonds is 6. The number of amides is 1. The smallest absolute Gasteiger partial charge is 0.254 e. The third kappa shape index (κ3) is 4.65. The minimum atomic E-state index is -1.16. The lowest BCUT2D eigenvalue weighted by atomic mass is 9.86. The molecule has 0 spiro atoms. The molecule has 0 aliphatic rings. The first kappa shape index (κ1) is 14.4. The zero-order chi connectivity index (χ0) is 12.1. The van der Waals surface area contributed by atoms with Crippen LogP contribution in [0.4, 0.5) is 0 Å². The van der Waals surface area contributed by atoms with Gasteiger partial charge in [0.05, 0.1) is 0 Å². The van der Waals surface area contributed by atoms with E-state index in [0.717, 1.165) is 12.8 Å². The molecule has 0 radical (unpaired) electrons. The molecule has 15 heavy (non-hydrogen) atoms. The van der Waals surface area contributed by atoms with Gasteiger partial charge >= 0.3 is 0 Å². The predicted octanol–water partition coefficient (Wildman–Crippen LogP) is 2.04. The van der Waals surface area contributed by atoms with Crippen LogP contribution >= 0.6 is 0 Å². The van der Waals surface area contributed by atoms with E-state index in [1.807, 2.05) is 13.8 Å². The molecule has 0 aliphatic carbocycles. The summed E-state index contributed by atoms with van der Waals surface area (Å²) in [7, 11) is 3.39. The standard InChI is InChI=1S/C12H25NO2/c1-6-7-8-12(15,9-10(2)3)11(14)13(4)5/h10,15H,6-9H2,1-5H3. The fourth-order valence-corrected chi connectivity index (χ4v) is 1.86. The van der Waals surface area contributed by atoms with Gasteiger partial charge in [0, 0.05) is 14.1 Å². The Morgan fingerprint density at radius 1 is 1.40 bits per heavy atom. The number of hydrogen-bond donors (Lipinski definition) is 1. The Hall–Kier alpha value is -0.570. The third-order valence-corrected chi connectivity index (χ3v) is 2.49. The molecule has 0 aromatic rings. The molecule has 0 saturated heterocycles. The van der Waals surface area contributed by atoms with Crippen molar-refractivity contribution in [2.24, 2.45) is 5.92 Å². The Morgan fingerprint density at radius 2 is 1.93 bits per heavy atom. The highest BCUT2D eigenvalue weighted by molar-refractivity contribution is 5.84. The van der Waals surface area contributed by atoms with Crippen LogP contribution in [0.2, 0.25) is 0 Å². The van der Waals surface area contributed by atoms with Crippen molar-refractivity contribution >= 4 is 5.91 Å². The van der Waals surface area contributed by atoms with Crippen LogP contribution in [0.1, 0.15) is 46.5 Å². The second kappa shape index (κ2) is 6.11. The molecule has 1 amide bonds. The first-order valence-corrected chi connectivity index (χ1v) is 5.77. The number of hydrogen-bond acceptors (Lipinski definition) is 2. The molecule has 1 unspecified atom stereocenters. The Morgan fingerprint density at radius 3 is 2.27 bits per heavy atom. The number of likely N-dealkylation sites (N-methyl/N-ethyl adjacent to an activating group) is 1. The van der Waals surface area contributed by atoms with Crippen LogP contribution in [0.5, 0.6) is 0 Å². The number of nitrogens with zero attached hydrogens (tertiary/aromatic N) is 1. The van der Waals surface area contributed by atoms with Gasteiger partial charge in [0.2, 0.25) is 0 Å². The molecular formula is C12H25NO2. The van der Waals surface area contributed by atoms with Crippen molar-refractivity contribution in [1.82, 2.24) is 4.90 Å². The van der Waals surface area contributed by atoms with Crippen molar-refractivity contribution < 1.29 is 9.90 Å². The lowest BCUT2D eigenvalue weighted by Crippen LogP contribution is -2.47. The largest absolute Gasteiger partial charge is 0.380 e. The molecule has 0 rings (SSSR count). The van der Waals surface area contributed by atoms with E-state index < -0.39 is 5.60 Å². The van der Waals surface area contributed by atoms with Crippen LogP contribution in [0.25, 0.3) is 0 Å². The number of carbonyl (C=O) groups excluding carboxylic acids is 1. The van der Waals surface area contributed by atoms with Crippen LogP contribution in [0.3, 0.4) is 0 Å². The van der Waals surface area contributed by atoms with Gasteiger partial charge in [-0.2, -0.15) is 0 Å². The van der Waals surface area contributed by atoms with E-state index in [4.69, 9.17) is 0 Å². The molecule has 0 aromatic heterocycles. The average Bonchev–Trinajstić information content (AvgIpc) is 2.12. The Balaban J connectivity index is 4.60. The van der Waals surface area contributed by atoms with E-state index in [0.29, 0.717) is 18.8 Å². The van der Waals surface area contributed by atoms with Crippen LogP contribution in [0.15, 0.2) is 0 Å². The third-order valence-electron chi connectivity index (χ3n) is 2.49. The zero-order valence-corrected chi connectivity index (χ0v) is 10.7. The topological polar surface area (TPSA) is 40.5 Å². The first-order chi connectivity index (χ1) is 6.83. The van der Waals surface area contributed by atoms with Crippen LogP contribution in [-0.4, -0.2) is 35.6 Å². The van der Waals surface area contributed by atoms with Gasteiger partial charge < -0.3 is 10.0 Å². The van der Waals surface area contributed by atoms with E-state index >= 15 is 0 Å². The second-order valence-corrected chi connectivity index (χ2v) is 4.93. The summed E-state index contributed by atoms with van der Waals surface area (Å²) in [5, 5.41) is 10.4. The predicted molar refractivity (Wildman–Crippen MR) is 62.6 cm³/mol. The molecule has 90 valence electrons. The Kier molecular flexibility index (Phi) is 5.88. The van der Waals surface area contributed by atoms with Gasteiger partial charge in [-0.15, -0.1) is 0 Å². The van der Waals surface area contributed by atoms with Crippen molar-refractivity contribution in [2.45, 2.75) is 52.1 Å². The van der Waals surface area contributed by atoms with Crippen molar-refractivity contribution in [3.05, 3.63) is 0 Å². The van der Waals surface area contributed by atoms with Crippen molar-refractivity contribution in [1.29, 1.82) is 0 Å². The molecule has 0 saturated carbocycles. The monoisotopic (exact) mass is 215 g/mol. The summed E-state index contributed by atoms with van der Waals surface area (Å²) in [5.41, 5.74) is -1.16. The van der Waals surface area contributed by atoms with E-state index in [-0.39, 0.29) is 5.91 Å². The maximum atomic E-state index is 11.9. The van der Waals surface area contributed by atoms with Crippen LogP contribution in [0, 0.1) is 5.92 Å². The summed E-state index contributed by atoms with van der Waals surface area (Å²) < 4.78 is 0. The molecule has 0 aliphatic heterocycles. The Labute approximate surface area is 93.5 Å². The SMILES string of the molecule is CCCCC(O)(CC(C)C)C(=O)N(C)C. The average molecular weight is 215 g/mol. The summed E-state index contributed by atoms with van der Waals surface area (Å²) in [6, 6.07) is 0. The molecule has 3 nitrogen and oxygen atoms in total. The zero-order valence-electron chi connectivity index (χ0n) is 10.7. The highest BCUT2D eigenvalue weighted by Gasteiger charge is 2.36. The molecule has 0 bridgehead atoms. The van der Waals surface area contributed by atoms with Gasteiger partial charge in [0.15, 0.2) is 0 Å². The maximum absolute atomic E-state index is 11.9. The minimum absolute atomic E-state index is 0.162. The van der Waals surface area contributed by atoms with E-state index in [1.54, 1.807) is 14.1 Å². The highest BCUT2D eigenvalue weighted by atomic mass is 16.3. The van der Waals surface area contributed by atoms with Crippen LogP contribution in [-0.2, 0) is 4.79 Å². The Bertz CT molecular complexity index is 202. The molecular weight excluding hydrogens is 190 g/mol. The van der Waals surface area contributed by atoms with Crippen molar-refractivity contribution in [3.63, 3.8) is 0 Å². The van der Waals surface area contributed by atoms with Gasteiger partial charge in [-0.25, -0.2) is 0 Å². The van der Waals surface area contributed by atoms with Gasteiger partial charge in [-0.3, -0.25) is 4.79 Å². The lowest BCUT2D eigenvalue weighted by molar-refractivity contribution is -0.151. The number of unbranched alkanes of at least 4 members (excludes halogenated alkanes) is 1. The summed E-state index contributed by atoms with van der Waals surface area (Å²) in [6.07, 6.45) is 3.01. The molecule has 3 heteroatoms. The number of carbonyl (C=O) groups is 1. The van der Waals surface area contributed by atoms with E-state index in [2.05, 4.69) is 6.92 Å². The molecule has 0 fully saturated rings. The maximum Gasteiger partial charge on any atom is 0.254 e. The van der Waals surface area contributed by atoms with Gasteiger partial charge in [-0.1, -0.05) is 33.6 Å². The highest BCUT2D eigenvalue weighted by Crippen LogP contribution is 2.24. The van der Waals surface area contributed by atoms with Gasteiger partial charge in [-0.05, 0) is 18.8 Å². The van der Waals surface area contributed by atoms with Gasteiger partial charge in [0.25, 0.3) is 5.91 Å². The van der Waals surface area contributed by atoms with Crippen molar-refractivity contribution in [3.8, 4) is 0 Å². The molecule has 1 N–H and O–H groups in total. The number of aliphatic hydroxyl groups is 1. The quantitative estimate of drug-likeness (QED) is 0.736. The molecule has 0 aromatic carbocycles. The fraction of sp³-hybridized carbons (Fsp3) is 0.917. The summed E-state index contributed by atoms with van der Waals surface area (Å²) in [4.78, 5) is 13.4. The first-order valence-electron chi connectivity index (χ1n) is 5.77. The normalized spacial score (nSPS) is 15.1.